The number of hydrogen-bond donors (Lipinski definition) is 0. The van der Waals surface area contributed by atoms with E-state index in [9.17, 15) is 9.59 Å². The fourth-order valence-electron chi connectivity index (χ4n) is 3.18. The number of rotatable bonds is 8. The minimum Gasteiger partial charge on any atom is -0.462 e. The Hall–Kier alpha value is -2.88. The minimum absolute atomic E-state index is 0.332. The summed E-state index contributed by atoms with van der Waals surface area (Å²) in [5, 5.41) is 3.44. The van der Waals surface area contributed by atoms with Gasteiger partial charge in [-0.15, -0.1) is 0 Å². The Labute approximate surface area is 165 Å². The zero-order valence-corrected chi connectivity index (χ0v) is 16.5. The molecule has 4 nitrogen and oxygen atoms in total. The van der Waals surface area contributed by atoms with Crippen molar-refractivity contribution in [2.45, 2.75) is 39.5 Å². The maximum atomic E-state index is 12.5. The molecule has 0 N–H and O–H groups in total. The first kappa shape index (κ1) is 19.9. The molecule has 146 valence electrons. The predicted molar refractivity (Wildman–Crippen MR) is 112 cm³/mol. The van der Waals surface area contributed by atoms with Crippen molar-refractivity contribution in [2.24, 2.45) is 0 Å². The Morgan fingerprint density at radius 1 is 0.714 bits per heavy atom. The van der Waals surface area contributed by atoms with Gasteiger partial charge >= 0.3 is 11.9 Å². The number of hydrogen-bond acceptors (Lipinski definition) is 4. The first-order valence-electron chi connectivity index (χ1n) is 9.95. The maximum Gasteiger partial charge on any atom is 0.338 e. The molecule has 0 fully saturated rings. The van der Waals surface area contributed by atoms with Crippen LogP contribution in [0, 0.1) is 0 Å². The Bertz CT molecular complexity index is 913. The van der Waals surface area contributed by atoms with Crippen LogP contribution in [0.25, 0.3) is 21.5 Å². The molecule has 0 aromatic heterocycles. The lowest BCUT2D eigenvalue weighted by atomic mass is 9.97. The molecular formula is C24H26O4. The molecule has 0 spiro atoms. The lowest BCUT2D eigenvalue weighted by Crippen LogP contribution is -2.08. The van der Waals surface area contributed by atoms with E-state index in [0.717, 1.165) is 47.2 Å². The molecule has 3 aromatic carbocycles. The molecule has 3 aromatic rings. The van der Waals surface area contributed by atoms with Gasteiger partial charge < -0.3 is 9.47 Å². The van der Waals surface area contributed by atoms with Crippen LogP contribution in [0.2, 0.25) is 0 Å². The molecule has 0 radical (unpaired) electrons. The monoisotopic (exact) mass is 378 g/mol. The summed E-state index contributed by atoms with van der Waals surface area (Å²) in [6, 6.07) is 15.1. The van der Waals surface area contributed by atoms with Crippen LogP contribution in [0.15, 0.2) is 48.5 Å². The summed E-state index contributed by atoms with van der Waals surface area (Å²) in [6.45, 7) is 4.93. The summed E-state index contributed by atoms with van der Waals surface area (Å²) >= 11 is 0. The van der Waals surface area contributed by atoms with Gasteiger partial charge in [0, 0.05) is 0 Å². The van der Waals surface area contributed by atoms with Gasteiger partial charge in [-0.05, 0) is 58.7 Å². The number of carbonyl (C=O) groups excluding carboxylic acids is 2. The smallest absolute Gasteiger partial charge is 0.338 e. The number of carbonyl (C=O) groups is 2. The molecule has 0 aliphatic carbocycles. The highest BCUT2D eigenvalue weighted by molar-refractivity contribution is 6.13. The average molecular weight is 378 g/mol. The summed E-state index contributed by atoms with van der Waals surface area (Å²) in [5.41, 5.74) is 1.04. The molecule has 0 amide bonds. The summed E-state index contributed by atoms with van der Waals surface area (Å²) in [6.07, 6.45) is 3.62. The van der Waals surface area contributed by atoms with E-state index < -0.39 is 0 Å². The average Bonchev–Trinajstić information content (AvgIpc) is 2.71. The van der Waals surface area contributed by atoms with E-state index in [2.05, 4.69) is 13.8 Å². The zero-order chi connectivity index (χ0) is 19.9. The number of benzene rings is 3. The van der Waals surface area contributed by atoms with E-state index in [4.69, 9.17) is 9.47 Å². The first-order valence-corrected chi connectivity index (χ1v) is 9.95. The van der Waals surface area contributed by atoms with E-state index in [1.165, 1.54) is 0 Å². The maximum absolute atomic E-state index is 12.5. The number of ether oxygens (including phenoxy) is 2. The number of esters is 2. The van der Waals surface area contributed by atoms with Crippen molar-refractivity contribution in [1.29, 1.82) is 0 Å². The molecule has 3 rings (SSSR count). The summed E-state index contributed by atoms with van der Waals surface area (Å²) in [4.78, 5) is 25.1. The van der Waals surface area contributed by atoms with Crippen LogP contribution in [0.4, 0.5) is 0 Å². The number of fused-ring (bicyclic) bond motifs is 2. The molecular weight excluding hydrogens is 352 g/mol. The van der Waals surface area contributed by atoms with Crippen LogP contribution >= 0.6 is 0 Å². The van der Waals surface area contributed by atoms with E-state index in [1.807, 2.05) is 36.4 Å². The van der Waals surface area contributed by atoms with E-state index in [0.29, 0.717) is 24.3 Å². The standard InChI is InChI=1S/C24H26O4/c1-3-5-13-27-23(25)19-11-7-9-17-15-18-10-8-12-20(22(18)16-21(17)19)24(26)28-14-6-4-2/h7-12,15-16H,3-6,13-14H2,1-2H3. The lowest BCUT2D eigenvalue weighted by Gasteiger charge is -2.11. The quantitative estimate of drug-likeness (QED) is 0.278. The third kappa shape index (κ3) is 4.33. The van der Waals surface area contributed by atoms with Crippen LogP contribution in [0.1, 0.15) is 60.2 Å². The van der Waals surface area contributed by atoms with Gasteiger partial charge in [-0.3, -0.25) is 0 Å². The molecule has 0 heterocycles. The summed E-state index contributed by atoms with van der Waals surface area (Å²) < 4.78 is 10.8. The van der Waals surface area contributed by atoms with Gasteiger partial charge in [0.1, 0.15) is 0 Å². The van der Waals surface area contributed by atoms with Crippen molar-refractivity contribution >= 4 is 33.5 Å². The van der Waals surface area contributed by atoms with Gasteiger partial charge in [-0.25, -0.2) is 9.59 Å². The van der Waals surface area contributed by atoms with Crippen molar-refractivity contribution in [3.05, 3.63) is 59.7 Å². The molecule has 0 aliphatic rings. The van der Waals surface area contributed by atoms with Gasteiger partial charge in [0.15, 0.2) is 0 Å². The molecule has 0 bridgehead atoms. The molecule has 0 saturated carbocycles. The Kier molecular flexibility index (Phi) is 6.64. The highest BCUT2D eigenvalue weighted by Crippen LogP contribution is 2.28. The minimum atomic E-state index is -0.332. The van der Waals surface area contributed by atoms with Crippen LogP contribution in [-0.4, -0.2) is 25.2 Å². The Morgan fingerprint density at radius 3 is 1.61 bits per heavy atom. The highest BCUT2D eigenvalue weighted by Gasteiger charge is 2.15. The topological polar surface area (TPSA) is 52.6 Å². The van der Waals surface area contributed by atoms with Crippen molar-refractivity contribution in [1.82, 2.24) is 0 Å². The SMILES string of the molecule is CCCCOC(=O)c1cccc2cc3cccc(C(=O)OCCCC)c3cc12. The normalized spacial score (nSPS) is 10.9. The lowest BCUT2D eigenvalue weighted by molar-refractivity contribution is 0.0493. The third-order valence-corrected chi connectivity index (χ3v) is 4.78. The third-order valence-electron chi connectivity index (χ3n) is 4.78. The summed E-state index contributed by atoms with van der Waals surface area (Å²) in [7, 11) is 0. The van der Waals surface area contributed by atoms with Crippen LogP contribution in [0.3, 0.4) is 0 Å². The van der Waals surface area contributed by atoms with Crippen molar-refractivity contribution in [2.75, 3.05) is 13.2 Å². The Morgan fingerprint density at radius 2 is 1.18 bits per heavy atom. The first-order chi connectivity index (χ1) is 13.7. The molecule has 4 heteroatoms. The van der Waals surface area contributed by atoms with Gasteiger partial charge in [-0.1, -0.05) is 51.0 Å². The summed E-state index contributed by atoms with van der Waals surface area (Å²) in [5.74, 6) is -0.664. The zero-order valence-electron chi connectivity index (χ0n) is 16.5. The molecule has 0 aliphatic heterocycles. The van der Waals surface area contributed by atoms with Crippen LogP contribution in [-0.2, 0) is 9.47 Å². The second-order valence-electron chi connectivity index (χ2n) is 6.88. The predicted octanol–water partition coefficient (Wildman–Crippen LogP) is 5.91. The fraction of sp³-hybridized carbons (Fsp3) is 0.333. The van der Waals surface area contributed by atoms with Crippen molar-refractivity contribution in [3.63, 3.8) is 0 Å². The largest absolute Gasteiger partial charge is 0.462 e. The van der Waals surface area contributed by atoms with E-state index >= 15 is 0 Å². The second-order valence-corrected chi connectivity index (χ2v) is 6.88. The van der Waals surface area contributed by atoms with Gasteiger partial charge in [0.05, 0.1) is 24.3 Å². The fourth-order valence-corrected chi connectivity index (χ4v) is 3.18. The second kappa shape index (κ2) is 9.36. The molecule has 0 saturated heterocycles. The molecule has 0 unspecified atom stereocenters. The van der Waals surface area contributed by atoms with E-state index in [-0.39, 0.29) is 11.9 Å². The van der Waals surface area contributed by atoms with Gasteiger partial charge in [0.2, 0.25) is 0 Å². The highest BCUT2D eigenvalue weighted by atomic mass is 16.5. The molecule has 0 atom stereocenters. The van der Waals surface area contributed by atoms with Gasteiger partial charge in [-0.2, -0.15) is 0 Å². The van der Waals surface area contributed by atoms with Crippen LogP contribution < -0.4 is 0 Å². The van der Waals surface area contributed by atoms with Gasteiger partial charge in [0.25, 0.3) is 0 Å². The van der Waals surface area contributed by atoms with Crippen LogP contribution in [0.5, 0.6) is 0 Å². The van der Waals surface area contributed by atoms with E-state index in [1.54, 1.807) is 12.1 Å². The number of unbranched alkanes of at least 4 members (excludes halogenated alkanes) is 2. The van der Waals surface area contributed by atoms with Crippen molar-refractivity contribution in [3.8, 4) is 0 Å². The van der Waals surface area contributed by atoms with Crippen molar-refractivity contribution < 1.29 is 19.1 Å². The Balaban J connectivity index is 2.03. The molecule has 28 heavy (non-hydrogen) atoms.